The van der Waals surface area contributed by atoms with Crippen molar-refractivity contribution < 1.29 is 33.3 Å². The number of Topliss-reactive ketones (excluding diaryl/α,β-unsaturated/α-hetero) is 1. The lowest BCUT2D eigenvalue weighted by Crippen LogP contribution is -2.41. The Morgan fingerprint density at radius 2 is 1.53 bits per heavy atom. The lowest BCUT2D eigenvalue weighted by molar-refractivity contribution is -0.130. The van der Waals surface area contributed by atoms with E-state index in [1.165, 1.54) is 0 Å². The summed E-state index contributed by atoms with van der Waals surface area (Å²) in [5, 5.41) is 2.71. The maximum absolute atomic E-state index is 13.2. The number of amides is 3. The van der Waals surface area contributed by atoms with Crippen LogP contribution in [0, 0.1) is 0 Å². The molecule has 3 heterocycles. The number of imide groups is 1. The second-order valence-corrected chi connectivity index (χ2v) is 7.94. The van der Waals surface area contributed by atoms with Crippen LogP contribution in [0.1, 0.15) is 29.3 Å². The molecule has 5 rings (SSSR count). The molecule has 0 unspecified atom stereocenters. The van der Waals surface area contributed by atoms with Crippen LogP contribution in [0.4, 0.5) is 4.79 Å². The number of nitrogens with one attached hydrogen (secondary N) is 1. The standard InChI is InChI=1S/C23H22N2O7/c1-23(15-4-6-18-20(12-15)32-10-9-31-18)21(27)25(22(28)24-23)13-16(26)14-3-5-17-19(11-14)30-8-2-7-29-17/h3-6,11-12H,2,7-10,13H2,1H3,(H,24,28)/t23-/m0/s1. The van der Waals surface area contributed by atoms with Gasteiger partial charge in [0.15, 0.2) is 28.8 Å². The molecule has 0 aliphatic carbocycles. The fourth-order valence-corrected chi connectivity index (χ4v) is 3.96. The van der Waals surface area contributed by atoms with E-state index in [1.807, 2.05) is 0 Å². The highest BCUT2D eigenvalue weighted by atomic mass is 16.6. The molecule has 1 N–H and O–H groups in total. The predicted molar refractivity (Wildman–Crippen MR) is 111 cm³/mol. The van der Waals surface area contributed by atoms with Crippen molar-refractivity contribution in [3.63, 3.8) is 0 Å². The van der Waals surface area contributed by atoms with Crippen LogP contribution >= 0.6 is 0 Å². The number of fused-ring (bicyclic) bond motifs is 2. The van der Waals surface area contributed by atoms with Crippen LogP contribution in [0.5, 0.6) is 23.0 Å². The van der Waals surface area contributed by atoms with Gasteiger partial charge >= 0.3 is 6.03 Å². The molecule has 2 aromatic rings. The number of urea groups is 1. The molecule has 1 fully saturated rings. The van der Waals surface area contributed by atoms with Crippen molar-refractivity contribution in [2.24, 2.45) is 0 Å². The van der Waals surface area contributed by atoms with Crippen LogP contribution < -0.4 is 24.3 Å². The average molecular weight is 438 g/mol. The minimum Gasteiger partial charge on any atom is -0.490 e. The van der Waals surface area contributed by atoms with Gasteiger partial charge in [0.05, 0.1) is 19.8 Å². The summed E-state index contributed by atoms with van der Waals surface area (Å²) in [5.74, 6) is 1.25. The Morgan fingerprint density at radius 3 is 2.31 bits per heavy atom. The predicted octanol–water partition coefficient (Wildman–Crippen LogP) is 2.27. The SMILES string of the molecule is C[C@@]1(c2ccc3c(c2)OCCO3)NC(=O)N(CC(=O)c2ccc3c(c2)OCCCO3)C1=O. The largest absolute Gasteiger partial charge is 0.490 e. The summed E-state index contributed by atoms with van der Waals surface area (Å²) in [6.45, 7) is 3.12. The van der Waals surface area contributed by atoms with Crippen molar-refractivity contribution in [3.8, 4) is 23.0 Å². The third kappa shape index (κ3) is 3.39. The first-order valence-corrected chi connectivity index (χ1v) is 10.4. The van der Waals surface area contributed by atoms with E-state index in [0.717, 1.165) is 11.3 Å². The third-order valence-corrected chi connectivity index (χ3v) is 5.77. The first kappa shape index (κ1) is 20.2. The first-order valence-electron chi connectivity index (χ1n) is 10.4. The Morgan fingerprint density at radius 1 is 0.906 bits per heavy atom. The molecule has 3 aliphatic rings. The van der Waals surface area contributed by atoms with Gasteiger partial charge in [-0.3, -0.25) is 14.5 Å². The molecule has 166 valence electrons. The van der Waals surface area contributed by atoms with Gasteiger partial charge in [-0.15, -0.1) is 0 Å². The Bertz CT molecular complexity index is 1120. The summed E-state index contributed by atoms with van der Waals surface area (Å²) in [6.07, 6.45) is 0.749. The van der Waals surface area contributed by atoms with Crippen molar-refractivity contribution in [3.05, 3.63) is 47.5 Å². The second kappa shape index (κ2) is 7.74. The minimum atomic E-state index is -1.32. The van der Waals surface area contributed by atoms with E-state index in [9.17, 15) is 14.4 Å². The van der Waals surface area contributed by atoms with Crippen molar-refractivity contribution >= 4 is 17.7 Å². The number of ketones is 1. The van der Waals surface area contributed by atoms with E-state index in [4.69, 9.17) is 18.9 Å². The van der Waals surface area contributed by atoms with Crippen LogP contribution in [0.25, 0.3) is 0 Å². The van der Waals surface area contributed by atoms with Crippen LogP contribution in [-0.2, 0) is 10.3 Å². The molecule has 3 amide bonds. The van der Waals surface area contributed by atoms with Gasteiger partial charge in [0.1, 0.15) is 18.8 Å². The molecule has 3 aliphatic heterocycles. The van der Waals surface area contributed by atoms with Crippen LogP contribution in [0.3, 0.4) is 0 Å². The molecule has 9 nitrogen and oxygen atoms in total. The van der Waals surface area contributed by atoms with Gasteiger partial charge in [-0.05, 0) is 42.8 Å². The third-order valence-electron chi connectivity index (χ3n) is 5.77. The number of hydrogen-bond donors (Lipinski definition) is 1. The summed E-state index contributed by atoms with van der Waals surface area (Å²) in [4.78, 5) is 39.7. The molecule has 0 saturated carbocycles. The fourth-order valence-electron chi connectivity index (χ4n) is 3.96. The Labute approximate surface area is 184 Å². The molecule has 2 aromatic carbocycles. The smallest absolute Gasteiger partial charge is 0.325 e. The molecule has 9 heteroatoms. The summed E-state index contributed by atoms with van der Waals surface area (Å²) in [7, 11) is 0. The Hall–Kier alpha value is -3.75. The van der Waals surface area contributed by atoms with Crippen LogP contribution in [0.2, 0.25) is 0 Å². The fraction of sp³-hybridized carbons (Fsp3) is 0.348. The number of carbonyl (C=O) groups excluding carboxylic acids is 3. The molecule has 0 bridgehead atoms. The zero-order valence-electron chi connectivity index (χ0n) is 17.5. The molecule has 1 atom stereocenters. The van der Waals surface area contributed by atoms with Gasteiger partial charge in [0.2, 0.25) is 0 Å². The van der Waals surface area contributed by atoms with Crippen molar-refractivity contribution in [1.29, 1.82) is 0 Å². The van der Waals surface area contributed by atoms with E-state index in [-0.39, 0.29) is 12.3 Å². The molecule has 32 heavy (non-hydrogen) atoms. The molecular formula is C23H22N2O7. The summed E-state index contributed by atoms with van der Waals surface area (Å²) in [6, 6.07) is 9.33. The van der Waals surface area contributed by atoms with E-state index >= 15 is 0 Å². The quantitative estimate of drug-likeness (QED) is 0.577. The summed E-state index contributed by atoms with van der Waals surface area (Å²) >= 11 is 0. The monoisotopic (exact) mass is 438 g/mol. The maximum atomic E-state index is 13.2. The number of hydrogen-bond acceptors (Lipinski definition) is 7. The van der Waals surface area contributed by atoms with Crippen molar-refractivity contribution in [2.45, 2.75) is 18.9 Å². The zero-order chi connectivity index (χ0) is 22.3. The Kier molecular flexibility index (Phi) is 4.88. The molecule has 0 aromatic heterocycles. The maximum Gasteiger partial charge on any atom is 0.325 e. The number of carbonyl (C=O) groups is 3. The van der Waals surface area contributed by atoms with Gasteiger partial charge in [-0.25, -0.2) is 4.79 Å². The zero-order valence-corrected chi connectivity index (χ0v) is 17.5. The van der Waals surface area contributed by atoms with E-state index < -0.39 is 17.5 Å². The highest BCUT2D eigenvalue weighted by Gasteiger charge is 2.49. The number of ether oxygens (including phenoxy) is 4. The number of nitrogens with zero attached hydrogens (tertiary/aromatic N) is 1. The van der Waals surface area contributed by atoms with Gasteiger partial charge in [-0.1, -0.05) is 6.07 Å². The number of rotatable bonds is 4. The van der Waals surface area contributed by atoms with Gasteiger partial charge in [0, 0.05) is 12.0 Å². The van der Waals surface area contributed by atoms with Crippen LogP contribution in [-0.4, -0.2) is 55.6 Å². The lowest BCUT2D eigenvalue weighted by atomic mass is 9.91. The topological polar surface area (TPSA) is 103 Å². The first-order chi connectivity index (χ1) is 15.5. The van der Waals surface area contributed by atoms with Gasteiger partial charge in [-0.2, -0.15) is 0 Å². The van der Waals surface area contributed by atoms with Gasteiger partial charge < -0.3 is 24.3 Å². The minimum absolute atomic E-state index is 0.336. The molecule has 0 radical (unpaired) electrons. The lowest BCUT2D eigenvalue weighted by Gasteiger charge is -2.25. The molecular weight excluding hydrogens is 416 g/mol. The van der Waals surface area contributed by atoms with Crippen molar-refractivity contribution in [1.82, 2.24) is 10.2 Å². The summed E-state index contributed by atoms with van der Waals surface area (Å²) < 4.78 is 22.3. The van der Waals surface area contributed by atoms with E-state index in [1.54, 1.807) is 43.3 Å². The highest BCUT2D eigenvalue weighted by molar-refractivity contribution is 6.11. The van der Waals surface area contributed by atoms with E-state index in [2.05, 4.69) is 5.32 Å². The highest BCUT2D eigenvalue weighted by Crippen LogP contribution is 2.37. The second-order valence-electron chi connectivity index (χ2n) is 7.94. The van der Waals surface area contributed by atoms with Crippen molar-refractivity contribution in [2.75, 3.05) is 33.0 Å². The van der Waals surface area contributed by atoms with Gasteiger partial charge in [0.25, 0.3) is 5.91 Å². The summed E-state index contributed by atoms with van der Waals surface area (Å²) in [5.41, 5.74) is -0.439. The van der Waals surface area contributed by atoms with Crippen LogP contribution in [0.15, 0.2) is 36.4 Å². The normalized spacial score (nSPS) is 21.7. The molecule has 0 spiro atoms. The average Bonchev–Trinajstić information content (AvgIpc) is 2.96. The number of benzene rings is 2. The Balaban J connectivity index is 1.36. The van der Waals surface area contributed by atoms with E-state index in [0.29, 0.717) is 60.6 Å². The molecule has 1 saturated heterocycles.